The molecule has 0 amide bonds. The van der Waals surface area contributed by atoms with Crippen molar-refractivity contribution < 1.29 is 12.8 Å². The first-order chi connectivity index (χ1) is 8.35. The normalized spacial score (nSPS) is 13.9. The molecule has 2 aromatic rings. The van der Waals surface area contributed by atoms with Crippen molar-refractivity contribution in [3.63, 3.8) is 0 Å². The lowest BCUT2D eigenvalue weighted by Crippen LogP contribution is -2.15. The van der Waals surface area contributed by atoms with Gasteiger partial charge in [-0.15, -0.1) is 0 Å². The molecular formula is C11H13ClN2O3S. The molecule has 1 unspecified atom stereocenters. The van der Waals surface area contributed by atoms with E-state index in [4.69, 9.17) is 21.8 Å². The first-order valence-electron chi connectivity index (χ1n) is 5.34. The zero-order chi connectivity index (χ0) is 13.3. The van der Waals surface area contributed by atoms with Gasteiger partial charge in [0.25, 0.3) is 0 Å². The summed E-state index contributed by atoms with van der Waals surface area (Å²) in [7, 11) is -3.03. The smallest absolute Gasteiger partial charge is 0.212 e. The topological polar surface area (TPSA) is 86.2 Å². The zero-order valence-corrected chi connectivity index (χ0v) is 11.3. The molecule has 0 aliphatic carbocycles. The van der Waals surface area contributed by atoms with Crippen molar-refractivity contribution in [1.82, 2.24) is 4.98 Å². The van der Waals surface area contributed by atoms with E-state index in [-0.39, 0.29) is 12.2 Å². The van der Waals surface area contributed by atoms with E-state index in [1.807, 2.05) is 0 Å². The van der Waals surface area contributed by atoms with Crippen LogP contribution in [0.2, 0.25) is 5.02 Å². The Labute approximate surface area is 110 Å². The van der Waals surface area contributed by atoms with Crippen LogP contribution < -0.4 is 5.73 Å². The summed E-state index contributed by atoms with van der Waals surface area (Å²) < 4.78 is 27.6. The lowest BCUT2D eigenvalue weighted by molar-refractivity contribution is 0.468. The van der Waals surface area contributed by atoms with E-state index in [9.17, 15) is 8.42 Å². The summed E-state index contributed by atoms with van der Waals surface area (Å²) in [5.74, 6) is 0.337. The van der Waals surface area contributed by atoms with Crippen LogP contribution in [0, 0.1) is 0 Å². The number of rotatable bonds is 4. The van der Waals surface area contributed by atoms with Crippen molar-refractivity contribution in [2.45, 2.75) is 12.5 Å². The molecular weight excluding hydrogens is 276 g/mol. The second-order valence-electron chi connectivity index (χ2n) is 4.19. The average molecular weight is 289 g/mol. The second-order valence-corrected chi connectivity index (χ2v) is 6.89. The Balaban J connectivity index is 2.20. The minimum Gasteiger partial charge on any atom is -0.439 e. The summed E-state index contributed by atoms with van der Waals surface area (Å²) in [4.78, 5) is 4.20. The number of aromatic nitrogens is 1. The largest absolute Gasteiger partial charge is 0.439 e. The van der Waals surface area contributed by atoms with Crippen LogP contribution in [0.5, 0.6) is 0 Å². The highest BCUT2D eigenvalue weighted by Crippen LogP contribution is 2.23. The molecule has 1 aromatic carbocycles. The number of fused-ring (bicyclic) bond motifs is 1. The Morgan fingerprint density at radius 3 is 2.89 bits per heavy atom. The number of oxazole rings is 1. The lowest BCUT2D eigenvalue weighted by atomic mass is 10.2. The molecule has 0 spiro atoms. The minimum absolute atomic E-state index is 0.00759. The van der Waals surface area contributed by atoms with E-state index in [1.165, 1.54) is 6.26 Å². The van der Waals surface area contributed by atoms with Crippen LogP contribution in [0.15, 0.2) is 22.6 Å². The van der Waals surface area contributed by atoms with Gasteiger partial charge in [-0.3, -0.25) is 0 Å². The fraction of sp³-hybridized carbons (Fsp3) is 0.364. The molecule has 1 heterocycles. The Morgan fingerprint density at radius 1 is 1.50 bits per heavy atom. The minimum atomic E-state index is -3.03. The predicted octanol–water partition coefficient (Wildman–Crippen LogP) is 1.92. The highest BCUT2D eigenvalue weighted by atomic mass is 35.5. The summed E-state index contributed by atoms with van der Waals surface area (Å²) in [6, 6.07) is 4.54. The van der Waals surface area contributed by atoms with Crippen LogP contribution in [0.1, 0.15) is 18.4 Å². The molecule has 2 N–H and O–H groups in total. The van der Waals surface area contributed by atoms with Gasteiger partial charge >= 0.3 is 0 Å². The van der Waals surface area contributed by atoms with Gasteiger partial charge in [-0.25, -0.2) is 13.4 Å². The van der Waals surface area contributed by atoms with Crippen LogP contribution in [0.25, 0.3) is 11.1 Å². The third-order valence-electron chi connectivity index (χ3n) is 2.48. The number of nitrogens with two attached hydrogens (primary N) is 1. The van der Waals surface area contributed by atoms with Gasteiger partial charge in [0.15, 0.2) is 5.58 Å². The number of hydrogen-bond donors (Lipinski definition) is 1. The van der Waals surface area contributed by atoms with Crippen LogP contribution >= 0.6 is 11.6 Å². The predicted molar refractivity (Wildman–Crippen MR) is 70.3 cm³/mol. The third-order valence-corrected chi connectivity index (χ3v) is 3.70. The van der Waals surface area contributed by atoms with Crippen LogP contribution in [-0.2, 0) is 9.84 Å². The monoisotopic (exact) mass is 288 g/mol. The van der Waals surface area contributed by atoms with Crippen LogP contribution in [0.4, 0.5) is 0 Å². The van der Waals surface area contributed by atoms with E-state index in [1.54, 1.807) is 18.2 Å². The van der Waals surface area contributed by atoms with Crippen molar-refractivity contribution in [2.24, 2.45) is 5.73 Å². The zero-order valence-electron chi connectivity index (χ0n) is 9.76. The third kappa shape index (κ3) is 3.22. The fourth-order valence-corrected chi connectivity index (χ4v) is 2.39. The van der Waals surface area contributed by atoms with Crippen LogP contribution in [0.3, 0.4) is 0 Å². The number of benzene rings is 1. The van der Waals surface area contributed by atoms with Gasteiger partial charge in [0.2, 0.25) is 5.89 Å². The van der Waals surface area contributed by atoms with Gasteiger partial charge < -0.3 is 10.2 Å². The summed E-state index contributed by atoms with van der Waals surface area (Å²) in [6.07, 6.45) is 1.45. The lowest BCUT2D eigenvalue weighted by Gasteiger charge is -2.05. The van der Waals surface area contributed by atoms with E-state index in [2.05, 4.69) is 4.98 Å². The van der Waals surface area contributed by atoms with E-state index < -0.39 is 15.9 Å². The van der Waals surface area contributed by atoms with E-state index in [0.717, 1.165) is 0 Å². The molecule has 1 atom stereocenters. The quantitative estimate of drug-likeness (QED) is 0.929. The van der Waals surface area contributed by atoms with E-state index >= 15 is 0 Å². The second kappa shape index (κ2) is 4.87. The first kappa shape index (κ1) is 13.3. The Kier molecular flexibility index (Phi) is 3.61. The molecule has 18 heavy (non-hydrogen) atoms. The fourth-order valence-electron chi connectivity index (χ4n) is 1.54. The first-order valence-corrected chi connectivity index (χ1v) is 7.78. The molecule has 0 radical (unpaired) electrons. The number of sulfone groups is 1. The Morgan fingerprint density at radius 2 is 2.22 bits per heavy atom. The highest BCUT2D eigenvalue weighted by Gasteiger charge is 2.16. The molecule has 0 saturated heterocycles. The molecule has 1 aromatic heterocycles. The maximum Gasteiger partial charge on any atom is 0.212 e. The summed E-state index contributed by atoms with van der Waals surface area (Å²) >= 11 is 5.84. The molecule has 0 aliphatic rings. The maximum atomic E-state index is 11.1. The molecule has 7 heteroatoms. The van der Waals surface area contributed by atoms with Crippen molar-refractivity contribution in [3.8, 4) is 0 Å². The standard InChI is InChI=1S/C11H13ClN2O3S/c1-18(15,16)5-4-8(13)11-14-9-6-7(12)2-3-10(9)17-11/h2-3,6,8H,4-5,13H2,1H3. The molecule has 0 aliphatic heterocycles. The SMILES string of the molecule is CS(=O)(=O)CCC(N)c1nc2cc(Cl)ccc2o1. The number of hydrogen-bond acceptors (Lipinski definition) is 5. The van der Waals surface area contributed by atoms with Gasteiger partial charge in [-0.05, 0) is 24.6 Å². The number of halogens is 1. The van der Waals surface area contributed by atoms with Crippen molar-refractivity contribution in [2.75, 3.05) is 12.0 Å². The van der Waals surface area contributed by atoms with Crippen molar-refractivity contribution in [1.29, 1.82) is 0 Å². The Bertz CT molecular complexity index is 666. The average Bonchev–Trinajstić information content (AvgIpc) is 2.67. The summed E-state index contributed by atoms with van der Waals surface area (Å²) in [6.45, 7) is 0. The summed E-state index contributed by atoms with van der Waals surface area (Å²) in [5.41, 5.74) is 7.06. The molecule has 0 fully saturated rings. The van der Waals surface area contributed by atoms with E-state index in [0.29, 0.717) is 22.0 Å². The van der Waals surface area contributed by atoms with Gasteiger partial charge in [0.1, 0.15) is 15.4 Å². The molecule has 0 bridgehead atoms. The Hall–Kier alpha value is -1.11. The van der Waals surface area contributed by atoms with Gasteiger partial charge in [0.05, 0.1) is 11.8 Å². The molecule has 5 nitrogen and oxygen atoms in total. The van der Waals surface area contributed by atoms with Gasteiger partial charge in [0, 0.05) is 11.3 Å². The molecule has 0 saturated carbocycles. The summed E-state index contributed by atoms with van der Waals surface area (Å²) in [5, 5.41) is 0.562. The van der Waals surface area contributed by atoms with Crippen molar-refractivity contribution in [3.05, 3.63) is 29.1 Å². The molecule has 98 valence electrons. The van der Waals surface area contributed by atoms with Gasteiger partial charge in [-0.2, -0.15) is 0 Å². The maximum absolute atomic E-state index is 11.1. The van der Waals surface area contributed by atoms with Gasteiger partial charge in [-0.1, -0.05) is 11.6 Å². The number of nitrogens with zero attached hydrogens (tertiary/aromatic N) is 1. The van der Waals surface area contributed by atoms with Crippen molar-refractivity contribution >= 4 is 32.5 Å². The highest BCUT2D eigenvalue weighted by molar-refractivity contribution is 7.90. The van der Waals surface area contributed by atoms with Crippen LogP contribution in [-0.4, -0.2) is 25.4 Å². The molecule has 2 rings (SSSR count).